The van der Waals surface area contributed by atoms with Crippen LogP contribution < -0.4 is 9.46 Å². The van der Waals surface area contributed by atoms with Gasteiger partial charge in [0.2, 0.25) is 10.0 Å². The molecule has 0 unspecified atom stereocenters. The lowest BCUT2D eigenvalue weighted by atomic mass is 9.94. The van der Waals surface area contributed by atoms with Gasteiger partial charge in [-0.3, -0.25) is 0 Å². The van der Waals surface area contributed by atoms with Gasteiger partial charge in [0.25, 0.3) is 0 Å². The molecule has 0 atom stereocenters. The minimum absolute atomic E-state index is 0.0143. The van der Waals surface area contributed by atoms with Crippen molar-refractivity contribution >= 4 is 33.2 Å². The lowest BCUT2D eigenvalue weighted by Crippen LogP contribution is -2.39. The largest absolute Gasteiger partial charge is 0.460 e. The first-order valence-corrected chi connectivity index (χ1v) is 10.5. The van der Waals surface area contributed by atoms with E-state index in [2.05, 4.69) is 14.7 Å². The third kappa shape index (κ3) is 4.65. The van der Waals surface area contributed by atoms with Crippen molar-refractivity contribution in [2.24, 2.45) is 0 Å². The average molecular weight is 416 g/mol. The van der Waals surface area contributed by atoms with E-state index in [1.54, 1.807) is 25.4 Å². The number of rotatable bonds is 5. The van der Waals surface area contributed by atoms with Crippen LogP contribution in [0.5, 0.6) is 6.01 Å². The maximum atomic E-state index is 12.7. The third-order valence-corrected chi connectivity index (χ3v) is 6.71. The molecule has 1 aromatic heterocycles. The first kappa shape index (κ1) is 19.4. The van der Waals surface area contributed by atoms with Crippen LogP contribution in [-0.4, -0.2) is 30.5 Å². The van der Waals surface area contributed by atoms with Crippen LogP contribution in [0.15, 0.2) is 35.5 Å². The number of sulfonamides is 1. The smallest absolute Gasteiger partial charge is 0.316 e. The van der Waals surface area contributed by atoms with Crippen LogP contribution in [0, 0.1) is 6.92 Å². The summed E-state index contributed by atoms with van der Waals surface area (Å²) < 4.78 is 33.8. The van der Waals surface area contributed by atoms with Crippen LogP contribution in [0.25, 0.3) is 0 Å². The lowest BCUT2D eigenvalue weighted by Gasteiger charge is -2.28. The Morgan fingerprint density at radius 1 is 1.08 bits per heavy atom. The molecule has 0 saturated heterocycles. The van der Waals surface area contributed by atoms with Gasteiger partial charge in [-0.25, -0.2) is 23.1 Å². The van der Waals surface area contributed by atoms with Gasteiger partial charge < -0.3 is 4.74 Å². The fourth-order valence-corrected chi connectivity index (χ4v) is 5.05. The van der Waals surface area contributed by atoms with Gasteiger partial charge in [0.1, 0.15) is 11.0 Å². The Morgan fingerprint density at radius 2 is 1.73 bits per heavy atom. The summed E-state index contributed by atoms with van der Waals surface area (Å²) in [5.74, 6) is 0. The van der Waals surface area contributed by atoms with Crippen molar-refractivity contribution in [2.75, 3.05) is 0 Å². The van der Waals surface area contributed by atoms with Gasteiger partial charge in [0.15, 0.2) is 0 Å². The van der Waals surface area contributed by atoms with Gasteiger partial charge >= 0.3 is 6.01 Å². The number of aromatic nitrogens is 2. The quantitative estimate of drug-likeness (QED) is 0.803. The molecule has 1 aliphatic rings. The van der Waals surface area contributed by atoms with Crippen molar-refractivity contribution in [1.82, 2.24) is 14.7 Å². The SMILES string of the molecule is Cc1cc(S(=O)(=O)NC2CCC(Oc3ncccn3)CC2)c(Cl)cc1Cl. The topological polar surface area (TPSA) is 81.2 Å². The Labute approximate surface area is 163 Å². The monoisotopic (exact) mass is 415 g/mol. The predicted molar refractivity (Wildman–Crippen MR) is 100 cm³/mol. The van der Waals surface area contributed by atoms with Crippen LogP contribution in [0.3, 0.4) is 0 Å². The number of hydrogen-bond donors (Lipinski definition) is 1. The second-order valence-electron chi connectivity index (χ2n) is 6.28. The molecule has 1 N–H and O–H groups in total. The third-order valence-electron chi connectivity index (χ3n) is 4.31. The summed E-state index contributed by atoms with van der Waals surface area (Å²) in [4.78, 5) is 8.14. The summed E-state index contributed by atoms with van der Waals surface area (Å²) in [6.45, 7) is 1.74. The maximum absolute atomic E-state index is 12.7. The molecule has 0 bridgehead atoms. The summed E-state index contributed by atoms with van der Waals surface area (Å²) in [7, 11) is -3.71. The summed E-state index contributed by atoms with van der Waals surface area (Å²) >= 11 is 12.1. The van der Waals surface area contributed by atoms with E-state index in [9.17, 15) is 8.42 Å². The van der Waals surface area contributed by atoms with Gasteiger partial charge in [0, 0.05) is 23.5 Å². The molecule has 0 aliphatic heterocycles. The van der Waals surface area contributed by atoms with Crippen molar-refractivity contribution in [1.29, 1.82) is 0 Å². The molecule has 1 fully saturated rings. The highest BCUT2D eigenvalue weighted by Crippen LogP contribution is 2.29. The van der Waals surface area contributed by atoms with E-state index in [4.69, 9.17) is 27.9 Å². The molecule has 1 saturated carbocycles. The zero-order chi connectivity index (χ0) is 18.7. The standard InChI is InChI=1S/C17H19Cl2N3O3S/c1-11-9-16(15(19)10-14(11)18)26(23,24)22-12-3-5-13(6-4-12)25-17-20-7-2-8-21-17/h2,7-10,12-13,22H,3-6H2,1H3. The minimum atomic E-state index is -3.71. The summed E-state index contributed by atoms with van der Waals surface area (Å²) in [6.07, 6.45) is 6.01. The first-order valence-electron chi connectivity index (χ1n) is 8.27. The zero-order valence-corrected chi connectivity index (χ0v) is 16.5. The van der Waals surface area contributed by atoms with Crippen molar-refractivity contribution in [3.8, 4) is 6.01 Å². The van der Waals surface area contributed by atoms with Crippen molar-refractivity contribution in [2.45, 2.75) is 49.6 Å². The normalized spacial score (nSPS) is 20.7. The molecular formula is C17H19Cl2N3O3S. The van der Waals surface area contributed by atoms with Gasteiger partial charge in [-0.1, -0.05) is 23.2 Å². The van der Waals surface area contributed by atoms with Crippen LogP contribution in [0.1, 0.15) is 31.2 Å². The number of benzene rings is 1. The Hall–Kier alpha value is -1.41. The Balaban J connectivity index is 1.61. The fraction of sp³-hybridized carbons (Fsp3) is 0.412. The molecule has 3 rings (SSSR count). The highest BCUT2D eigenvalue weighted by atomic mass is 35.5. The Morgan fingerprint density at radius 3 is 2.38 bits per heavy atom. The van der Waals surface area contributed by atoms with Gasteiger partial charge in [-0.15, -0.1) is 0 Å². The molecule has 0 radical (unpaired) electrons. The van der Waals surface area contributed by atoms with Crippen molar-refractivity contribution in [3.63, 3.8) is 0 Å². The Kier molecular flexibility index (Phi) is 6.02. The molecule has 1 heterocycles. The zero-order valence-electron chi connectivity index (χ0n) is 14.2. The number of nitrogens with one attached hydrogen (secondary N) is 1. The summed E-state index contributed by atoms with van der Waals surface area (Å²) in [5, 5.41) is 0.557. The highest BCUT2D eigenvalue weighted by Gasteiger charge is 2.28. The summed E-state index contributed by atoms with van der Waals surface area (Å²) in [5.41, 5.74) is 0.663. The van der Waals surface area contributed by atoms with Crippen LogP contribution in [0.2, 0.25) is 10.0 Å². The number of aryl methyl sites for hydroxylation is 1. The van der Waals surface area contributed by atoms with Crippen molar-refractivity contribution < 1.29 is 13.2 Å². The average Bonchev–Trinajstić information content (AvgIpc) is 2.60. The molecule has 140 valence electrons. The maximum Gasteiger partial charge on any atom is 0.316 e. The number of hydrogen-bond acceptors (Lipinski definition) is 5. The molecule has 6 nitrogen and oxygen atoms in total. The van der Waals surface area contributed by atoms with E-state index in [-0.39, 0.29) is 22.1 Å². The molecule has 0 amide bonds. The van der Waals surface area contributed by atoms with Gasteiger partial charge in [-0.2, -0.15) is 0 Å². The van der Waals surface area contributed by atoms with Crippen LogP contribution >= 0.6 is 23.2 Å². The lowest BCUT2D eigenvalue weighted by molar-refractivity contribution is 0.132. The van der Waals surface area contributed by atoms with E-state index in [1.165, 1.54) is 12.1 Å². The molecule has 2 aromatic rings. The second-order valence-corrected chi connectivity index (χ2v) is 8.77. The van der Waals surface area contributed by atoms with E-state index < -0.39 is 10.0 Å². The molecule has 26 heavy (non-hydrogen) atoms. The Bertz CT molecular complexity index is 870. The molecular weight excluding hydrogens is 397 g/mol. The number of halogens is 2. The van der Waals surface area contributed by atoms with Crippen LogP contribution in [-0.2, 0) is 10.0 Å². The molecule has 9 heteroatoms. The first-order chi connectivity index (χ1) is 12.3. The minimum Gasteiger partial charge on any atom is -0.460 e. The van der Waals surface area contributed by atoms with Crippen molar-refractivity contribution in [3.05, 3.63) is 46.2 Å². The van der Waals surface area contributed by atoms with E-state index in [1.807, 2.05) is 0 Å². The number of ether oxygens (including phenoxy) is 1. The second kappa shape index (κ2) is 8.08. The molecule has 1 aromatic carbocycles. The van der Waals surface area contributed by atoms with Gasteiger partial charge in [-0.05, 0) is 56.4 Å². The molecule has 1 aliphatic carbocycles. The fourth-order valence-electron chi connectivity index (χ4n) is 2.91. The number of nitrogens with zero attached hydrogens (tertiary/aromatic N) is 2. The summed E-state index contributed by atoms with van der Waals surface area (Å²) in [6, 6.07) is 4.86. The van der Waals surface area contributed by atoms with E-state index in [0.717, 1.165) is 12.8 Å². The predicted octanol–water partition coefficient (Wildman–Crippen LogP) is 3.76. The van der Waals surface area contributed by atoms with Gasteiger partial charge in [0.05, 0.1) is 5.02 Å². The van der Waals surface area contributed by atoms with E-state index in [0.29, 0.717) is 29.4 Å². The molecule has 0 spiro atoms. The highest BCUT2D eigenvalue weighted by molar-refractivity contribution is 7.89. The van der Waals surface area contributed by atoms with E-state index >= 15 is 0 Å². The van der Waals surface area contributed by atoms with Crippen LogP contribution in [0.4, 0.5) is 0 Å².